The van der Waals surface area contributed by atoms with Crippen LogP contribution in [0.4, 0.5) is 4.39 Å². The van der Waals surface area contributed by atoms with E-state index >= 15 is 0 Å². The first kappa shape index (κ1) is 15.4. The number of pyridine rings is 1. The molecule has 0 fully saturated rings. The van der Waals surface area contributed by atoms with Gasteiger partial charge in [0.05, 0.1) is 16.8 Å². The summed E-state index contributed by atoms with van der Waals surface area (Å²) < 4.78 is 14.2. The first-order valence-electron chi connectivity index (χ1n) is 6.38. The van der Waals surface area contributed by atoms with Crippen molar-refractivity contribution >= 4 is 27.5 Å². The van der Waals surface area contributed by atoms with E-state index in [1.54, 1.807) is 12.3 Å². The van der Waals surface area contributed by atoms with Crippen molar-refractivity contribution < 1.29 is 4.39 Å². The Balaban J connectivity index is 2.22. The molecule has 0 radical (unpaired) electrons. The third kappa shape index (κ3) is 4.27. The van der Waals surface area contributed by atoms with Crippen LogP contribution in [0.1, 0.15) is 24.2 Å². The second-order valence-corrected chi connectivity index (χ2v) is 5.85. The maximum Gasteiger partial charge on any atom is 0.124 e. The van der Waals surface area contributed by atoms with Gasteiger partial charge in [-0.3, -0.25) is 4.98 Å². The molecule has 0 bridgehead atoms. The van der Waals surface area contributed by atoms with Crippen molar-refractivity contribution in [2.45, 2.75) is 19.4 Å². The normalized spacial score (nSPS) is 12.4. The SMILES string of the molecule is CCNC(Cc1cc(F)cc(Br)c1)c1ccc(Cl)cn1. The van der Waals surface area contributed by atoms with Crippen LogP contribution in [0.15, 0.2) is 41.0 Å². The van der Waals surface area contributed by atoms with Gasteiger partial charge in [-0.2, -0.15) is 0 Å². The monoisotopic (exact) mass is 356 g/mol. The number of hydrogen-bond acceptors (Lipinski definition) is 2. The van der Waals surface area contributed by atoms with E-state index in [9.17, 15) is 4.39 Å². The topological polar surface area (TPSA) is 24.9 Å². The van der Waals surface area contributed by atoms with Crippen molar-refractivity contribution in [3.63, 3.8) is 0 Å². The van der Waals surface area contributed by atoms with Gasteiger partial charge in [-0.25, -0.2) is 4.39 Å². The van der Waals surface area contributed by atoms with Crippen LogP contribution in [0, 0.1) is 5.82 Å². The number of benzene rings is 1. The fourth-order valence-corrected chi connectivity index (χ4v) is 2.71. The molecular weight excluding hydrogens is 343 g/mol. The maximum atomic E-state index is 13.4. The third-order valence-corrected chi connectivity index (χ3v) is 3.60. The van der Waals surface area contributed by atoms with Crippen LogP contribution in [0.2, 0.25) is 5.02 Å². The van der Waals surface area contributed by atoms with E-state index in [1.165, 1.54) is 6.07 Å². The summed E-state index contributed by atoms with van der Waals surface area (Å²) in [6, 6.07) is 8.66. The molecule has 0 amide bonds. The molecule has 0 spiro atoms. The minimum atomic E-state index is -0.242. The molecule has 20 heavy (non-hydrogen) atoms. The summed E-state index contributed by atoms with van der Waals surface area (Å²) in [5, 5.41) is 3.97. The van der Waals surface area contributed by atoms with Crippen molar-refractivity contribution in [1.29, 1.82) is 0 Å². The summed E-state index contributed by atoms with van der Waals surface area (Å²) in [7, 11) is 0. The van der Waals surface area contributed by atoms with E-state index in [2.05, 4.69) is 26.2 Å². The average molecular weight is 358 g/mol. The molecule has 2 nitrogen and oxygen atoms in total. The molecule has 0 aliphatic rings. The Kier molecular flexibility index (Phi) is 5.52. The number of halogens is 3. The summed E-state index contributed by atoms with van der Waals surface area (Å²) >= 11 is 9.17. The maximum absolute atomic E-state index is 13.4. The number of nitrogens with zero attached hydrogens (tertiary/aromatic N) is 1. The molecule has 1 N–H and O–H groups in total. The lowest BCUT2D eigenvalue weighted by Gasteiger charge is -2.17. The molecule has 1 unspecified atom stereocenters. The second-order valence-electron chi connectivity index (χ2n) is 4.49. The molecule has 0 aliphatic heterocycles. The van der Waals surface area contributed by atoms with E-state index in [0.29, 0.717) is 11.4 Å². The Bertz CT molecular complexity index is 554. The van der Waals surface area contributed by atoms with Gasteiger partial charge in [-0.15, -0.1) is 0 Å². The molecule has 1 atom stereocenters. The van der Waals surface area contributed by atoms with Crippen molar-refractivity contribution in [3.8, 4) is 0 Å². The largest absolute Gasteiger partial charge is 0.309 e. The zero-order valence-electron chi connectivity index (χ0n) is 11.0. The van der Waals surface area contributed by atoms with E-state index in [1.807, 2.05) is 25.1 Å². The lowest BCUT2D eigenvalue weighted by atomic mass is 10.0. The zero-order chi connectivity index (χ0) is 14.5. The Morgan fingerprint density at radius 3 is 2.75 bits per heavy atom. The number of rotatable bonds is 5. The van der Waals surface area contributed by atoms with Crippen LogP contribution >= 0.6 is 27.5 Å². The molecule has 1 aromatic carbocycles. The Morgan fingerprint density at radius 1 is 1.35 bits per heavy atom. The van der Waals surface area contributed by atoms with E-state index < -0.39 is 0 Å². The quantitative estimate of drug-likeness (QED) is 0.850. The molecule has 2 aromatic rings. The molecule has 0 aliphatic carbocycles. The highest BCUT2D eigenvalue weighted by Gasteiger charge is 2.13. The van der Waals surface area contributed by atoms with Gasteiger partial charge in [0.15, 0.2) is 0 Å². The standard InChI is InChI=1S/C15H15BrClFN2/c1-2-19-15(14-4-3-12(17)9-20-14)7-10-5-11(16)8-13(18)6-10/h3-6,8-9,15,19H,2,7H2,1H3. The van der Waals surface area contributed by atoms with Crippen LogP contribution in [-0.4, -0.2) is 11.5 Å². The van der Waals surface area contributed by atoms with E-state index in [-0.39, 0.29) is 11.9 Å². The number of hydrogen-bond donors (Lipinski definition) is 1. The number of nitrogens with one attached hydrogen (secondary N) is 1. The van der Waals surface area contributed by atoms with E-state index in [0.717, 1.165) is 22.3 Å². The van der Waals surface area contributed by atoms with E-state index in [4.69, 9.17) is 11.6 Å². The summed E-state index contributed by atoms with van der Waals surface area (Å²) in [5.41, 5.74) is 1.82. The summed E-state index contributed by atoms with van der Waals surface area (Å²) in [6.45, 7) is 2.84. The number of likely N-dealkylation sites (N-methyl/N-ethyl adjacent to an activating group) is 1. The molecule has 5 heteroatoms. The first-order valence-corrected chi connectivity index (χ1v) is 7.55. The summed E-state index contributed by atoms with van der Waals surface area (Å²) in [5.74, 6) is -0.242. The smallest absolute Gasteiger partial charge is 0.124 e. The Labute approximate surface area is 131 Å². The minimum absolute atomic E-state index is 0.0333. The van der Waals surface area contributed by atoms with Gasteiger partial charge >= 0.3 is 0 Å². The van der Waals surface area contributed by atoms with Gasteiger partial charge in [0, 0.05) is 10.7 Å². The molecule has 0 saturated heterocycles. The molecule has 1 heterocycles. The Morgan fingerprint density at radius 2 is 2.15 bits per heavy atom. The van der Waals surface area contributed by atoms with Gasteiger partial charge in [0.25, 0.3) is 0 Å². The summed E-state index contributed by atoms with van der Waals surface area (Å²) in [4.78, 5) is 4.34. The fraction of sp³-hybridized carbons (Fsp3) is 0.267. The van der Waals surface area contributed by atoms with Gasteiger partial charge in [0.1, 0.15) is 5.82 Å². The fourth-order valence-electron chi connectivity index (χ4n) is 2.09. The lowest BCUT2D eigenvalue weighted by Crippen LogP contribution is -2.23. The highest BCUT2D eigenvalue weighted by molar-refractivity contribution is 9.10. The molecule has 2 rings (SSSR count). The van der Waals surface area contributed by atoms with Gasteiger partial charge in [-0.1, -0.05) is 34.5 Å². The zero-order valence-corrected chi connectivity index (χ0v) is 13.4. The van der Waals surface area contributed by atoms with Gasteiger partial charge in [-0.05, 0) is 48.9 Å². The van der Waals surface area contributed by atoms with Crippen molar-refractivity contribution in [2.24, 2.45) is 0 Å². The van der Waals surface area contributed by atoms with Crippen molar-refractivity contribution in [3.05, 3.63) is 63.1 Å². The van der Waals surface area contributed by atoms with Crippen LogP contribution in [-0.2, 0) is 6.42 Å². The highest BCUT2D eigenvalue weighted by Crippen LogP contribution is 2.21. The molecule has 0 saturated carbocycles. The van der Waals surface area contributed by atoms with Crippen molar-refractivity contribution in [1.82, 2.24) is 10.3 Å². The van der Waals surface area contributed by atoms with Gasteiger partial charge in [0.2, 0.25) is 0 Å². The van der Waals surface area contributed by atoms with Gasteiger partial charge < -0.3 is 5.32 Å². The van der Waals surface area contributed by atoms with Crippen LogP contribution in [0.5, 0.6) is 0 Å². The predicted molar refractivity (Wildman–Crippen MR) is 83.5 cm³/mol. The van der Waals surface area contributed by atoms with Crippen LogP contribution in [0.25, 0.3) is 0 Å². The third-order valence-electron chi connectivity index (χ3n) is 2.92. The first-order chi connectivity index (χ1) is 9.58. The predicted octanol–water partition coefficient (Wildman–Crippen LogP) is 4.53. The molecule has 106 valence electrons. The number of aromatic nitrogens is 1. The second kappa shape index (κ2) is 7.16. The van der Waals surface area contributed by atoms with Crippen LogP contribution in [0.3, 0.4) is 0 Å². The average Bonchev–Trinajstić information content (AvgIpc) is 2.38. The minimum Gasteiger partial charge on any atom is -0.309 e. The molecule has 1 aromatic heterocycles. The summed E-state index contributed by atoms with van der Waals surface area (Å²) in [6.07, 6.45) is 2.29. The van der Waals surface area contributed by atoms with Crippen molar-refractivity contribution in [2.75, 3.05) is 6.54 Å². The highest BCUT2D eigenvalue weighted by atomic mass is 79.9. The van der Waals surface area contributed by atoms with Crippen LogP contribution < -0.4 is 5.32 Å². The molecular formula is C15H15BrClFN2. The Hall–Kier alpha value is -0.970. The lowest BCUT2D eigenvalue weighted by molar-refractivity contribution is 0.534.